The molecule has 1 N–H and O–H groups in total. The molecule has 0 amide bonds. The van der Waals surface area contributed by atoms with Crippen LogP contribution in [0.15, 0.2) is 0 Å². The highest BCUT2D eigenvalue weighted by atomic mass is 32.2. The van der Waals surface area contributed by atoms with E-state index in [4.69, 9.17) is 5.11 Å². The summed E-state index contributed by atoms with van der Waals surface area (Å²) in [5, 5.41) is 6.48. The van der Waals surface area contributed by atoms with Crippen LogP contribution >= 0.6 is 36.4 Å². The lowest BCUT2D eigenvalue weighted by Crippen LogP contribution is -2.24. The number of aliphatic carboxylic acids is 1. The molecule has 0 spiro atoms. The normalized spacial score (nSPS) is 13.5. The van der Waals surface area contributed by atoms with Gasteiger partial charge in [-0.05, 0) is 0 Å². The number of carboxylic acids is 1. The molecule has 0 saturated carbocycles. The van der Waals surface area contributed by atoms with Crippen molar-refractivity contribution < 1.29 is 21.6 Å². The number of hydrogen-bond donors (Lipinski definition) is 1. The molecule has 0 aromatic heterocycles. The van der Waals surface area contributed by atoms with Gasteiger partial charge in [-0.15, -0.1) is 0 Å². The van der Waals surface area contributed by atoms with Gasteiger partial charge in [0.1, 0.15) is 4.58 Å². The van der Waals surface area contributed by atoms with Gasteiger partial charge in [-0.2, -0.15) is 11.7 Å². The Bertz CT molecular complexity index is 131. The zero-order valence-electron chi connectivity index (χ0n) is 4.87. The van der Waals surface area contributed by atoms with Crippen molar-refractivity contribution in [2.45, 2.75) is 9.83 Å². The van der Waals surface area contributed by atoms with Crippen molar-refractivity contribution in [2.75, 3.05) is 0 Å². The van der Waals surface area contributed by atoms with Crippen LogP contribution in [0.5, 0.6) is 0 Å². The average Bonchev–Trinajstić information content (AvgIpc) is 1.99. The first kappa shape index (κ1) is 11.3. The number of halogens is 3. The van der Waals surface area contributed by atoms with E-state index in [-0.39, 0.29) is 0 Å². The van der Waals surface area contributed by atoms with Crippen molar-refractivity contribution in [3.63, 3.8) is 0 Å². The molecule has 2 nitrogen and oxygen atoms in total. The second-order valence-corrected chi connectivity index (χ2v) is 3.75. The molecule has 0 aliphatic heterocycles. The topological polar surface area (TPSA) is 37.3 Å². The quantitative estimate of drug-likeness (QED) is 0.726. The lowest BCUT2D eigenvalue weighted by molar-refractivity contribution is -0.136. The molecule has 0 heterocycles. The SMILES string of the molecule is O=C(O)C(SF)C(SF)SF. The van der Waals surface area contributed by atoms with Gasteiger partial charge in [0.15, 0.2) is 5.25 Å². The third kappa shape index (κ3) is 3.48. The largest absolute Gasteiger partial charge is 0.480 e. The van der Waals surface area contributed by atoms with Crippen LogP contribution in [-0.4, -0.2) is 20.9 Å². The standard InChI is InChI=1S/C3H3F3O2S3/c4-9-1(2(7)8)3(10-5)11-6/h1,3H,(H,7,8). The van der Waals surface area contributed by atoms with Gasteiger partial charge < -0.3 is 5.11 Å². The number of hydrogen-bond acceptors (Lipinski definition) is 4. The zero-order chi connectivity index (χ0) is 8.85. The van der Waals surface area contributed by atoms with Crippen LogP contribution in [0.3, 0.4) is 0 Å². The lowest BCUT2D eigenvalue weighted by Gasteiger charge is -2.09. The molecule has 8 heteroatoms. The Labute approximate surface area is 74.2 Å². The minimum atomic E-state index is -1.71. The van der Waals surface area contributed by atoms with E-state index in [0.717, 1.165) is 0 Å². The summed E-state index contributed by atoms with van der Waals surface area (Å²) in [5.41, 5.74) is 0. The Balaban J connectivity index is 4.09. The van der Waals surface area contributed by atoms with Crippen molar-refractivity contribution in [2.24, 2.45) is 0 Å². The van der Waals surface area contributed by atoms with E-state index < -0.39 is 52.2 Å². The maximum atomic E-state index is 11.7. The van der Waals surface area contributed by atoms with E-state index in [1.54, 1.807) is 0 Å². The van der Waals surface area contributed by atoms with Crippen LogP contribution in [0, 0.1) is 0 Å². The van der Waals surface area contributed by atoms with E-state index in [0.29, 0.717) is 0 Å². The first-order valence-corrected chi connectivity index (χ1v) is 4.56. The summed E-state index contributed by atoms with van der Waals surface area (Å²) < 4.78 is 33.5. The van der Waals surface area contributed by atoms with Crippen molar-refractivity contribution in [3.8, 4) is 0 Å². The molecule has 0 bridgehead atoms. The molecule has 0 rings (SSSR count). The molecular formula is C3H3F3O2S3. The molecule has 0 aromatic rings. The van der Waals surface area contributed by atoms with Crippen LogP contribution < -0.4 is 0 Å². The van der Waals surface area contributed by atoms with Gasteiger partial charge in [-0.1, -0.05) is 0 Å². The number of carboxylic acid groups (broad SMARTS) is 1. The maximum Gasteiger partial charge on any atom is 0.321 e. The molecular weight excluding hydrogens is 221 g/mol. The van der Waals surface area contributed by atoms with Crippen molar-refractivity contribution in [1.82, 2.24) is 0 Å². The van der Waals surface area contributed by atoms with Crippen molar-refractivity contribution in [3.05, 3.63) is 0 Å². The summed E-state index contributed by atoms with van der Waals surface area (Å²) in [4.78, 5) is 10.1. The molecule has 0 aliphatic carbocycles. The Morgan fingerprint density at radius 2 is 1.64 bits per heavy atom. The van der Waals surface area contributed by atoms with Crippen LogP contribution in [0.2, 0.25) is 0 Å². The summed E-state index contributed by atoms with van der Waals surface area (Å²) in [6, 6.07) is 0. The second-order valence-electron chi connectivity index (χ2n) is 1.39. The van der Waals surface area contributed by atoms with Gasteiger partial charge in [0.05, 0.1) is 36.4 Å². The van der Waals surface area contributed by atoms with E-state index in [9.17, 15) is 16.5 Å². The van der Waals surface area contributed by atoms with E-state index in [1.807, 2.05) is 0 Å². The Morgan fingerprint density at radius 1 is 1.18 bits per heavy atom. The van der Waals surface area contributed by atoms with Gasteiger partial charge in [-0.3, -0.25) is 4.79 Å². The Morgan fingerprint density at radius 3 is 1.73 bits per heavy atom. The number of carbonyl (C=O) groups is 1. The smallest absolute Gasteiger partial charge is 0.321 e. The third-order valence-electron chi connectivity index (χ3n) is 0.762. The van der Waals surface area contributed by atoms with Crippen molar-refractivity contribution in [1.29, 1.82) is 0 Å². The summed E-state index contributed by atoms with van der Waals surface area (Å²) in [6.45, 7) is 0. The molecule has 0 aliphatic rings. The van der Waals surface area contributed by atoms with Gasteiger partial charge in [0.25, 0.3) is 0 Å². The van der Waals surface area contributed by atoms with Crippen LogP contribution in [0.1, 0.15) is 0 Å². The predicted molar refractivity (Wildman–Crippen MR) is 41.3 cm³/mol. The predicted octanol–water partition coefficient (Wildman–Crippen LogP) is 2.62. The van der Waals surface area contributed by atoms with Crippen molar-refractivity contribution >= 4 is 42.4 Å². The third-order valence-corrected chi connectivity index (χ3v) is 3.10. The molecule has 1 atom stereocenters. The van der Waals surface area contributed by atoms with Gasteiger partial charge in [0, 0.05) is 0 Å². The van der Waals surface area contributed by atoms with Gasteiger partial charge in [-0.25, -0.2) is 0 Å². The fraction of sp³-hybridized carbons (Fsp3) is 0.667. The van der Waals surface area contributed by atoms with E-state index in [2.05, 4.69) is 0 Å². The highest BCUT2D eigenvalue weighted by molar-refractivity contribution is 8.14. The molecule has 0 saturated heterocycles. The fourth-order valence-electron chi connectivity index (χ4n) is 0.304. The van der Waals surface area contributed by atoms with Gasteiger partial charge >= 0.3 is 5.97 Å². The first-order valence-electron chi connectivity index (χ1n) is 2.22. The fourth-order valence-corrected chi connectivity index (χ4v) is 1.50. The van der Waals surface area contributed by atoms with Crippen LogP contribution in [-0.2, 0) is 4.79 Å². The zero-order valence-corrected chi connectivity index (χ0v) is 7.32. The summed E-state index contributed by atoms with van der Waals surface area (Å²) in [7, 11) is 0. The highest BCUT2D eigenvalue weighted by Gasteiger charge is 2.32. The summed E-state index contributed by atoms with van der Waals surface area (Å²) >= 11 is -1.63. The Kier molecular flexibility index (Phi) is 6.06. The Hall–Kier alpha value is 0.310. The van der Waals surface area contributed by atoms with E-state index >= 15 is 0 Å². The minimum absolute atomic E-state index is 0.523. The summed E-state index contributed by atoms with van der Waals surface area (Å²) in [6.07, 6.45) is 0. The van der Waals surface area contributed by atoms with E-state index in [1.165, 1.54) is 0 Å². The number of rotatable bonds is 5. The minimum Gasteiger partial charge on any atom is -0.480 e. The molecule has 0 fully saturated rings. The molecule has 66 valence electrons. The average molecular weight is 224 g/mol. The van der Waals surface area contributed by atoms with Crippen LogP contribution in [0.4, 0.5) is 11.7 Å². The molecule has 0 radical (unpaired) electrons. The maximum absolute atomic E-state index is 11.7. The lowest BCUT2D eigenvalue weighted by atomic mass is 10.5. The molecule has 0 aromatic carbocycles. The second kappa shape index (κ2) is 5.90. The first-order chi connectivity index (χ1) is 5.17. The van der Waals surface area contributed by atoms with Crippen LogP contribution in [0.25, 0.3) is 0 Å². The monoisotopic (exact) mass is 224 g/mol. The molecule has 11 heavy (non-hydrogen) atoms. The summed E-state index contributed by atoms with van der Waals surface area (Å²) in [5.74, 6) is -1.57. The van der Waals surface area contributed by atoms with Gasteiger partial charge in [0.2, 0.25) is 0 Å². The highest BCUT2D eigenvalue weighted by Crippen LogP contribution is 2.34. The molecule has 1 unspecified atom stereocenters.